The standard InChI is InChI=1S/C13H22N2S/c1-9-4-5-15-13(9)8-14-7-12-6-10(2)11(3)16-12/h6,9,13-15H,4-5,7-8H2,1-3H3. The molecule has 0 radical (unpaired) electrons. The van der Waals surface area contributed by atoms with E-state index < -0.39 is 0 Å². The molecule has 1 aromatic rings. The van der Waals surface area contributed by atoms with E-state index in [2.05, 4.69) is 37.5 Å². The van der Waals surface area contributed by atoms with E-state index in [4.69, 9.17) is 0 Å². The molecule has 0 saturated carbocycles. The maximum Gasteiger partial charge on any atom is 0.0300 e. The number of thiophene rings is 1. The maximum atomic E-state index is 3.56. The van der Waals surface area contributed by atoms with Crippen molar-refractivity contribution >= 4 is 11.3 Å². The van der Waals surface area contributed by atoms with Gasteiger partial charge in [-0.05, 0) is 44.4 Å². The molecule has 1 aliphatic heterocycles. The van der Waals surface area contributed by atoms with E-state index in [1.54, 1.807) is 0 Å². The molecule has 0 aliphatic carbocycles. The fourth-order valence-electron chi connectivity index (χ4n) is 2.26. The largest absolute Gasteiger partial charge is 0.312 e. The van der Waals surface area contributed by atoms with Crippen LogP contribution in [0.25, 0.3) is 0 Å². The van der Waals surface area contributed by atoms with Crippen LogP contribution >= 0.6 is 11.3 Å². The maximum absolute atomic E-state index is 3.56. The Morgan fingerprint density at radius 1 is 1.50 bits per heavy atom. The Kier molecular flexibility index (Phi) is 4.00. The van der Waals surface area contributed by atoms with E-state index in [0.29, 0.717) is 6.04 Å². The van der Waals surface area contributed by atoms with Crippen LogP contribution in [0, 0.1) is 19.8 Å². The van der Waals surface area contributed by atoms with Gasteiger partial charge in [0.1, 0.15) is 0 Å². The van der Waals surface area contributed by atoms with Crippen LogP contribution in [0.15, 0.2) is 6.07 Å². The van der Waals surface area contributed by atoms with Crippen molar-refractivity contribution in [1.29, 1.82) is 0 Å². The summed E-state index contributed by atoms with van der Waals surface area (Å²) in [6.07, 6.45) is 1.32. The first-order chi connectivity index (χ1) is 7.66. The fraction of sp³-hybridized carbons (Fsp3) is 0.692. The number of rotatable bonds is 4. The molecule has 16 heavy (non-hydrogen) atoms. The summed E-state index contributed by atoms with van der Waals surface area (Å²) in [4.78, 5) is 2.91. The van der Waals surface area contributed by atoms with Gasteiger partial charge in [0.2, 0.25) is 0 Å². The summed E-state index contributed by atoms with van der Waals surface area (Å²) in [5.41, 5.74) is 1.43. The summed E-state index contributed by atoms with van der Waals surface area (Å²) < 4.78 is 0. The van der Waals surface area contributed by atoms with Crippen LogP contribution in [-0.4, -0.2) is 19.1 Å². The van der Waals surface area contributed by atoms with E-state index in [1.165, 1.54) is 28.3 Å². The molecule has 1 aliphatic rings. The second-order valence-electron chi connectivity index (χ2n) is 4.91. The predicted octanol–water partition coefficient (Wildman–Crippen LogP) is 2.45. The van der Waals surface area contributed by atoms with Gasteiger partial charge in [-0.1, -0.05) is 6.92 Å². The van der Waals surface area contributed by atoms with Crippen molar-refractivity contribution in [3.05, 3.63) is 21.4 Å². The molecule has 2 nitrogen and oxygen atoms in total. The Morgan fingerprint density at radius 2 is 2.31 bits per heavy atom. The number of hydrogen-bond donors (Lipinski definition) is 2. The van der Waals surface area contributed by atoms with Gasteiger partial charge in [-0.3, -0.25) is 0 Å². The van der Waals surface area contributed by atoms with E-state index in [-0.39, 0.29) is 0 Å². The quantitative estimate of drug-likeness (QED) is 0.842. The number of aryl methyl sites for hydroxylation is 2. The van der Waals surface area contributed by atoms with Gasteiger partial charge in [-0.2, -0.15) is 0 Å². The lowest BCUT2D eigenvalue weighted by Gasteiger charge is -2.15. The van der Waals surface area contributed by atoms with Crippen molar-refractivity contribution in [2.24, 2.45) is 5.92 Å². The molecule has 2 N–H and O–H groups in total. The van der Waals surface area contributed by atoms with Crippen molar-refractivity contribution in [2.45, 2.75) is 39.8 Å². The lowest BCUT2D eigenvalue weighted by molar-refractivity contribution is 0.449. The Morgan fingerprint density at radius 3 is 2.88 bits per heavy atom. The van der Waals surface area contributed by atoms with Crippen LogP contribution in [0.3, 0.4) is 0 Å². The molecule has 2 atom stereocenters. The van der Waals surface area contributed by atoms with E-state index in [1.807, 2.05) is 11.3 Å². The molecule has 2 unspecified atom stereocenters. The normalized spacial score (nSPS) is 25.2. The topological polar surface area (TPSA) is 24.1 Å². The molecule has 2 rings (SSSR count). The third kappa shape index (κ3) is 2.84. The zero-order chi connectivity index (χ0) is 11.5. The number of hydrogen-bond acceptors (Lipinski definition) is 3. The van der Waals surface area contributed by atoms with Gasteiger partial charge < -0.3 is 10.6 Å². The minimum Gasteiger partial charge on any atom is -0.312 e. The summed E-state index contributed by atoms with van der Waals surface area (Å²) >= 11 is 1.91. The molecule has 0 aromatic carbocycles. The minimum atomic E-state index is 0.669. The SMILES string of the molecule is Cc1cc(CNCC2NCCC2C)sc1C. The van der Waals surface area contributed by atoms with E-state index >= 15 is 0 Å². The monoisotopic (exact) mass is 238 g/mol. The Bertz CT molecular complexity index is 326. The molecule has 0 amide bonds. The van der Waals surface area contributed by atoms with Crippen molar-refractivity contribution < 1.29 is 0 Å². The summed E-state index contributed by atoms with van der Waals surface area (Å²) in [6.45, 7) is 10.0. The molecule has 1 saturated heterocycles. The van der Waals surface area contributed by atoms with Crippen molar-refractivity contribution in [3.8, 4) is 0 Å². The third-order valence-electron chi connectivity index (χ3n) is 3.57. The first kappa shape index (κ1) is 12.1. The van der Waals surface area contributed by atoms with Crippen LogP contribution < -0.4 is 10.6 Å². The molecule has 90 valence electrons. The van der Waals surface area contributed by atoms with Gasteiger partial charge in [0, 0.05) is 28.9 Å². The Labute approximate surface area is 102 Å². The zero-order valence-corrected chi connectivity index (χ0v) is 11.3. The first-order valence-corrected chi connectivity index (χ1v) is 6.98. The summed E-state index contributed by atoms with van der Waals surface area (Å²) in [5.74, 6) is 0.819. The Hall–Kier alpha value is -0.380. The molecular formula is C13H22N2S. The highest BCUT2D eigenvalue weighted by Gasteiger charge is 2.21. The lowest BCUT2D eigenvalue weighted by atomic mass is 10.0. The zero-order valence-electron chi connectivity index (χ0n) is 10.5. The van der Waals surface area contributed by atoms with Gasteiger partial charge in [-0.15, -0.1) is 11.3 Å². The molecule has 3 heteroatoms. The van der Waals surface area contributed by atoms with Gasteiger partial charge in [0.25, 0.3) is 0 Å². The predicted molar refractivity (Wildman–Crippen MR) is 71.1 cm³/mol. The van der Waals surface area contributed by atoms with E-state index in [0.717, 1.165) is 19.0 Å². The van der Waals surface area contributed by atoms with Gasteiger partial charge in [0.15, 0.2) is 0 Å². The van der Waals surface area contributed by atoms with E-state index in [9.17, 15) is 0 Å². The highest BCUT2D eigenvalue weighted by Crippen LogP contribution is 2.20. The summed E-state index contributed by atoms with van der Waals surface area (Å²) in [5, 5.41) is 7.11. The van der Waals surface area contributed by atoms with Crippen molar-refractivity contribution in [2.75, 3.05) is 13.1 Å². The van der Waals surface area contributed by atoms with Crippen LogP contribution in [0.2, 0.25) is 0 Å². The second kappa shape index (κ2) is 5.30. The van der Waals surface area contributed by atoms with Crippen molar-refractivity contribution in [3.63, 3.8) is 0 Å². The van der Waals surface area contributed by atoms with Crippen LogP contribution in [0.1, 0.15) is 28.7 Å². The highest BCUT2D eigenvalue weighted by molar-refractivity contribution is 7.12. The highest BCUT2D eigenvalue weighted by atomic mass is 32.1. The molecular weight excluding hydrogens is 216 g/mol. The minimum absolute atomic E-state index is 0.669. The van der Waals surface area contributed by atoms with Crippen LogP contribution in [0.4, 0.5) is 0 Å². The summed E-state index contributed by atoms with van der Waals surface area (Å²) in [7, 11) is 0. The molecule has 0 spiro atoms. The first-order valence-electron chi connectivity index (χ1n) is 6.17. The molecule has 2 heterocycles. The average molecular weight is 238 g/mol. The van der Waals surface area contributed by atoms with Crippen molar-refractivity contribution in [1.82, 2.24) is 10.6 Å². The molecule has 1 fully saturated rings. The molecule has 1 aromatic heterocycles. The number of nitrogens with one attached hydrogen (secondary N) is 2. The molecule has 0 bridgehead atoms. The van der Waals surface area contributed by atoms with Crippen LogP contribution in [-0.2, 0) is 6.54 Å². The fourth-order valence-corrected chi connectivity index (χ4v) is 3.28. The average Bonchev–Trinajstić information content (AvgIpc) is 2.76. The lowest BCUT2D eigenvalue weighted by Crippen LogP contribution is -2.36. The Balaban J connectivity index is 1.75. The van der Waals surface area contributed by atoms with Crippen LogP contribution in [0.5, 0.6) is 0 Å². The smallest absolute Gasteiger partial charge is 0.0300 e. The van der Waals surface area contributed by atoms with Gasteiger partial charge >= 0.3 is 0 Å². The van der Waals surface area contributed by atoms with Gasteiger partial charge in [0.05, 0.1) is 0 Å². The third-order valence-corrected chi connectivity index (χ3v) is 4.73. The second-order valence-corrected chi connectivity index (χ2v) is 6.25. The summed E-state index contributed by atoms with van der Waals surface area (Å²) in [6, 6.07) is 2.97. The van der Waals surface area contributed by atoms with Gasteiger partial charge in [-0.25, -0.2) is 0 Å².